The van der Waals surface area contributed by atoms with Crippen molar-refractivity contribution in [2.24, 2.45) is 0 Å². The van der Waals surface area contributed by atoms with Crippen molar-refractivity contribution in [1.82, 2.24) is 5.32 Å². The van der Waals surface area contributed by atoms with Gasteiger partial charge in [0, 0.05) is 6.42 Å². The van der Waals surface area contributed by atoms with E-state index in [1.165, 1.54) is 0 Å². The van der Waals surface area contributed by atoms with Gasteiger partial charge in [-0.2, -0.15) is 0 Å². The molecule has 0 saturated heterocycles. The van der Waals surface area contributed by atoms with E-state index in [1.54, 1.807) is 0 Å². The molecule has 3 heteroatoms. The quantitative estimate of drug-likeness (QED) is 0.538. The van der Waals surface area contributed by atoms with Gasteiger partial charge in [0.2, 0.25) is 0 Å². The Morgan fingerprint density at radius 1 is 1.50 bits per heavy atom. The van der Waals surface area contributed by atoms with Crippen LogP contribution in [0.4, 0.5) is 0 Å². The number of carbonyl (C=O) groups excluding carboxylic acids is 2. The molecule has 0 fully saturated rings. The SMILES string of the molecule is CCCNC(C=O)CC=O. The Morgan fingerprint density at radius 3 is 2.60 bits per heavy atom. The van der Waals surface area contributed by atoms with E-state index in [-0.39, 0.29) is 12.5 Å². The molecule has 0 aromatic heterocycles. The average Bonchev–Trinajstić information content (AvgIpc) is 1.98. The summed E-state index contributed by atoms with van der Waals surface area (Å²) in [5.74, 6) is 0. The van der Waals surface area contributed by atoms with Crippen molar-refractivity contribution in [2.45, 2.75) is 25.8 Å². The first-order valence-electron chi connectivity index (χ1n) is 3.47. The molecule has 0 aromatic carbocycles. The lowest BCUT2D eigenvalue weighted by molar-refractivity contribution is -0.113. The summed E-state index contributed by atoms with van der Waals surface area (Å²) in [5.41, 5.74) is 0. The molecule has 0 spiro atoms. The van der Waals surface area contributed by atoms with Gasteiger partial charge in [-0.3, -0.25) is 0 Å². The minimum atomic E-state index is -0.280. The molecule has 0 rings (SSSR count). The third kappa shape index (κ3) is 4.21. The van der Waals surface area contributed by atoms with E-state index in [4.69, 9.17) is 0 Å². The van der Waals surface area contributed by atoms with Crippen LogP contribution < -0.4 is 5.32 Å². The van der Waals surface area contributed by atoms with E-state index in [0.717, 1.165) is 25.5 Å². The zero-order chi connectivity index (χ0) is 7.82. The van der Waals surface area contributed by atoms with Crippen LogP contribution in [0.25, 0.3) is 0 Å². The minimum absolute atomic E-state index is 0.280. The molecule has 0 aromatic rings. The lowest BCUT2D eigenvalue weighted by Gasteiger charge is -2.06. The van der Waals surface area contributed by atoms with Gasteiger partial charge >= 0.3 is 0 Å². The van der Waals surface area contributed by atoms with Crippen molar-refractivity contribution in [1.29, 1.82) is 0 Å². The van der Waals surface area contributed by atoms with E-state index in [2.05, 4.69) is 5.32 Å². The summed E-state index contributed by atoms with van der Waals surface area (Å²) in [6.07, 6.45) is 2.78. The lowest BCUT2D eigenvalue weighted by Crippen LogP contribution is -2.31. The van der Waals surface area contributed by atoms with Gasteiger partial charge in [0.15, 0.2) is 0 Å². The maximum atomic E-state index is 10.2. The normalized spacial score (nSPS) is 12.5. The predicted molar refractivity (Wildman–Crippen MR) is 38.8 cm³/mol. The highest BCUT2D eigenvalue weighted by Crippen LogP contribution is 1.83. The van der Waals surface area contributed by atoms with Gasteiger partial charge < -0.3 is 14.9 Å². The summed E-state index contributed by atoms with van der Waals surface area (Å²) >= 11 is 0. The fourth-order valence-electron chi connectivity index (χ4n) is 0.620. The van der Waals surface area contributed by atoms with Gasteiger partial charge in [0.05, 0.1) is 6.04 Å². The molecule has 1 N–H and O–H groups in total. The molecule has 0 saturated carbocycles. The van der Waals surface area contributed by atoms with Crippen molar-refractivity contribution >= 4 is 12.6 Å². The van der Waals surface area contributed by atoms with Crippen molar-refractivity contribution in [3.05, 3.63) is 0 Å². The molecular formula is C7H13NO2. The van der Waals surface area contributed by atoms with Crippen LogP contribution in [0.2, 0.25) is 0 Å². The highest BCUT2D eigenvalue weighted by molar-refractivity contribution is 5.65. The minimum Gasteiger partial charge on any atom is -0.307 e. The van der Waals surface area contributed by atoms with Crippen LogP contribution in [0.1, 0.15) is 19.8 Å². The zero-order valence-electron chi connectivity index (χ0n) is 6.17. The number of aldehydes is 2. The van der Waals surface area contributed by atoms with Crippen LogP contribution in [0.3, 0.4) is 0 Å². The number of rotatable bonds is 6. The van der Waals surface area contributed by atoms with Crippen molar-refractivity contribution < 1.29 is 9.59 Å². The molecule has 10 heavy (non-hydrogen) atoms. The second-order valence-electron chi connectivity index (χ2n) is 2.10. The Kier molecular flexibility index (Phi) is 5.97. The van der Waals surface area contributed by atoms with E-state index in [1.807, 2.05) is 6.92 Å². The smallest absolute Gasteiger partial charge is 0.137 e. The molecule has 0 aliphatic heterocycles. The number of nitrogens with one attached hydrogen (secondary N) is 1. The van der Waals surface area contributed by atoms with Crippen LogP contribution in [0.15, 0.2) is 0 Å². The Balaban J connectivity index is 3.38. The van der Waals surface area contributed by atoms with E-state index in [0.29, 0.717) is 0 Å². The molecule has 0 radical (unpaired) electrons. The highest BCUT2D eigenvalue weighted by Gasteiger charge is 2.02. The maximum absolute atomic E-state index is 10.2. The first kappa shape index (κ1) is 9.30. The Labute approximate surface area is 60.8 Å². The van der Waals surface area contributed by atoms with Gasteiger partial charge in [-0.15, -0.1) is 0 Å². The van der Waals surface area contributed by atoms with Gasteiger partial charge in [0.1, 0.15) is 12.6 Å². The summed E-state index contributed by atoms with van der Waals surface area (Å²) in [5, 5.41) is 2.92. The topological polar surface area (TPSA) is 46.2 Å². The third-order valence-corrected chi connectivity index (χ3v) is 1.17. The molecule has 3 nitrogen and oxygen atoms in total. The Morgan fingerprint density at radius 2 is 2.20 bits per heavy atom. The maximum Gasteiger partial charge on any atom is 0.137 e. The largest absolute Gasteiger partial charge is 0.307 e. The van der Waals surface area contributed by atoms with E-state index < -0.39 is 0 Å². The molecule has 0 heterocycles. The van der Waals surface area contributed by atoms with Gasteiger partial charge in [-0.25, -0.2) is 0 Å². The van der Waals surface area contributed by atoms with Crippen LogP contribution in [-0.4, -0.2) is 25.2 Å². The Bertz CT molecular complexity index is 104. The molecule has 0 bridgehead atoms. The summed E-state index contributed by atoms with van der Waals surface area (Å²) in [6, 6.07) is -0.280. The van der Waals surface area contributed by atoms with Crippen LogP contribution in [0.5, 0.6) is 0 Å². The summed E-state index contributed by atoms with van der Waals surface area (Å²) in [4.78, 5) is 20.1. The number of hydrogen-bond donors (Lipinski definition) is 1. The predicted octanol–water partition coefficient (Wildman–Crippen LogP) is 0.142. The molecule has 0 aliphatic carbocycles. The first-order valence-corrected chi connectivity index (χ1v) is 3.47. The monoisotopic (exact) mass is 143 g/mol. The summed E-state index contributed by atoms with van der Waals surface area (Å²) in [6.45, 7) is 2.80. The van der Waals surface area contributed by atoms with Crippen LogP contribution >= 0.6 is 0 Å². The molecule has 1 atom stereocenters. The number of hydrogen-bond acceptors (Lipinski definition) is 3. The number of carbonyl (C=O) groups is 2. The van der Waals surface area contributed by atoms with Gasteiger partial charge in [-0.1, -0.05) is 6.92 Å². The Hall–Kier alpha value is -0.700. The third-order valence-electron chi connectivity index (χ3n) is 1.17. The highest BCUT2D eigenvalue weighted by atomic mass is 16.1. The standard InChI is InChI=1S/C7H13NO2/c1-2-4-8-7(6-10)3-5-9/h5-8H,2-4H2,1H3. The fraction of sp³-hybridized carbons (Fsp3) is 0.714. The van der Waals surface area contributed by atoms with Crippen molar-refractivity contribution in [3.8, 4) is 0 Å². The summed E-state index contributed by atoms with van der Waals surface area (Å²) < 4.78 is 0. The summed E-state index contributed by atoms with van der Waals surface area (Å²) in [7, 11) is 0. The first-order chi connectivity index (χ1) is 4.85. The fourth-order valence-corrected chi connectivity index (χ4v) is 0.620. The van der Waals surface area contributed by atoms with E-state index in [9.17, 15) is 9.59 Å². The molecule has 0 amide bonds. The second kappa shape index (κ2) is 6.42. The second-order valence-corrected chi connectivity index (χ2v) is 2.10. The van der Waals surface area contributed by atoms with E-state index >= 15 is 0 Å². The molecular weight excluding hydrogens is 130 g/mol. The molecule has 58 valence electrons. The van der Waals surface area contributed by atoms with Gasteiger partial charge in [-0.05, 0) is 13.0 Å². The van der Waals surface area contributed by atoms with Gasteiger partial charge in [0.25, 0.3) is 0 Å². The molecule has 1 unspecified atom stereocenters. The van der Waals surface area contributed by atoms with Crippen molar-refractivity contribution in [3.63, 3.8) is 0 Å². The molecule has 0 aliphatic rings. The van der Waals surface area contributed by atoms with Crippen LogP contribution in [0, 0.1) is 0 Å². The lowest BCUT2D eigenvalue weighted by atomic mass is 10.2. The van der Waals surface area contributed by atoms with Crippen molar-refractivity contribution in [2.75, 3.05) is 6.54 Å². The average molecular weight is 143 g/mol. The van der Waals surface area contributed by atoms with Crippen LogP contribution in [-0.2, 0) is 9.59 Å². The zero-order valence-corrected chi connectivity index (χ0v) is 6.17.